The highest BCUT2D eigenvalue weighted by Crippen LogP contribution is 2.53. The highest BCUT2D eigenvalue weighted by atomic mass is 32.3. The van der Waals surface area contributed by atoms with Gasteiger partial charge in [-0.1, -0.05) is 97.1 Å². The van der Waals surface area contributed by atoms with Crippen molar-refractivity contribution in [3.8, 4) is 11.3 Å². The number of hydrogen-bond acceptors (Lipinski definition) is 4. The van der Waals surface area contributed by atoms with Crippen LogP contribution in [0.15, 0.2) is 149 Å². The van der Waals surface area contributed by atoms with Crippen LogP contribution in [0.3, 0.4) is 0 Å². The molecule has 6 rings (SSSR count). The molecule has 5 aromatic carbocycles. The van der Waals surface area contributed by atoms with Crippen LogP contribution >= 0.6 is 0 Å². The maximum atomic E-state index is 18.7. The van der Waals surface area contributed by atoms with Crippen LogP contribution in [0.4, 0.5) is 8.78 Å². The second kappa shape index (κ2) is 10.9. The molecule has 1 aromatic heterocycles. The highest BCUT2D eigenvalue weighted by molar-refractivity contribution is 8.10. The Morgan fingerprint density at radius 2 is 1.12 bits per heavy atom. The molecule has 5 nitrogen and oxygen atoms in total. The lowest BCUT2D eigenvalue weighted by molar-refractivity contribution is 0.327. The summed E-state index contributed by atoms with van der Waals surface area (Å²) in [5.74, 6) is -2.81. The summed E-state index contributed by atoms with van der Waals surface area (Å²) in [6, 6.07) is 33.6. The number of benzene rings is 5. The number of alkyl halides is 1. The number of aromatic amines is 1. The lowest BCUT2D eigenvalue weighted by atomic mass is 9.88. The zero-order valence-electron chi connectivity index (χ0n) is 22.6. The largest absolute Gasteiger partial charge is 0.354 e. The van der Waals surface area contributed by atoms with E-state index in [-0.39, 0.29) is 11.1 Å². The number of H-pyrrole nitrogens is 1. The van der Waals surface area contributed by atoms with E-state index in [4.69, 9.17) is 0 Å². The normalized spacial score (nSPS) is 13.2. The maximum Gasteiger partial charge on any atom is 0.328 e. The molecular weight excluding hydrogens is 589 g/mol. The lowest BCUT2D eigenvalue weighted by Gasteiger charge is -2.34. The van der Waals surface area contributed by atoms with Gasteiger partial charge in [-0.05, 0) is 59.2 Å². The van der Waals surface area contributed by atoms with Gasteiger partial charge in [0.05, 0.1) is 21.4 Å². The van der Waals surface area contributed by atoms with E-state index in [0.29, 0.717) is 22.2 Å². The Hall–Kier alpha value is -4.60. The number of aromatic nitrogens is 1. The number of fused-ring (bicyclic) bond motifs is 1. The van der Waals surface area contributed by atoms with Gasteiger partial charge in [-0.15, -0.1) is 0 Å². The zero-order chi connectivity index (χ0) is 30.2. The first-order valence-corrected chi connectivity index (χ1v) is 16.3. The van der Waals surface area contributed by atoms with E-state index in [1.807, 2.05) is 0 Å². The van der Waals surface area contributed by atoms with Gasteiger partial charge in [0.2, 0.25) is 19.7 Å². The zero-order valence-corrected chi connectivity index (χ0v) is 24.2. The molecule has 1 atom stereocenters. The van der Waals surface area contributed by atoms with Crippen LogP contribution in [0.2, 0.25) is 0 Å². The molecule has 0 spiro atoms. The van der Waals surface area contributed by atoms with Crippen molar-refractivity contribution in [1.82, 2.24) is 4.98 Å². The molecule has 0 aliphatic heterocycles. The molecule has 0 aliphatic carbocycles. The maximum absolute atomic E-state index is 18.7. The minimum atomic E-state index is -5.35. The SMILES string of the molecule is O=S(=O)(c1ccccc1)C(F)(C(c1cccc(F)c1)c1c(-c2ccccc2)[nH]c2ccccc12)S(=O)(=O)c1ccccc1. The molecule has 6 aromatic rings. The van der Waals surface area contributed by atoms with Gasteiger partial charge in [0.15, 0.2) is 0 Å². The fourth-order valence-corrected chi connectivity index (χ4v) is 10.0. The average molecular weight is 614 g/mol. The summed E-state index contributed by atoms with van der Waals surface area (Å²) >= 11 is 0. The first kappa shape index (κ1) is 28.5. The van der Waals surface area contributed by atoms with E-state index in [1.54, 1.807) is 66.7 Å². The van der Waals surface area contributed by atoms with E-state index >= 15 is 4.39 Å². The Bertz CT molecular complexity index is 2060. The fraction of sp³-hybridized carbons (Fsp3) is 0.0588. The predicted octanol–water partition coefficient (Wildman–Crippen LogP) is 7.68. The van der Waals surface area contributed by atoms with Crippen LogP contribution in [0.5, 0.6) is 0 Å². The molecule has 0 aliphatic rings. The summed E-state index contributed by atoms with van der Waals surface area (Å²) in [7, 11) is -10.7. The van der Waals surface area contributed by atoms with Crippen molar-refractivity contribution < 1.29 is 25.6 Å². The van der Waals surface area contributed by atoms with Crippen molar-refractivity contribution in [1.29, 1.82) is 0 Å². The second-order valence-corrected chi connectivity index (χ2v) is 14.4. The highest BCUT2D eigenvalue weighted by Gasteiger charge is 2.64. The van der Waals surface area contributed by atoms with Gasteiger partial charge in [-0.25, -0.2) is 25.6 Å². The summed E-state index contributed by atoms with van der Waals surface area (Å²) in [4.78, 5) is 2.19. The van der Waals surface area contributed by atoms with Gasteiger partial charge in [0.25, 0.3) is 0 Å². The van der Waals surface area contributed by atoms with Crippen LogP contribution in [0.1, 0.15) is 17.0 Å². The van der Waals surface area contributed by atoms with Crippen molar-refractivity contribution in [3.63, 3.8) is 0 Å². The molecule has 0 fully saturated rings. The number of hydrogen-bond donors (Lipinski definition) is 1. The second-order valence-electron chi connectivity index (χ2n) is 10.0. The third-order valence-corrected chi connectivity index (χ3v) is 12.5. The minimum Gasteiger partial charge on any atom is -0.354 e. The average Bonchev–Trinajstić information content (AvgIpc) is 3.41. The van der Waals surface area contributed by atoms with Crippen molar-refractivity contribution in [2.24, 2.45) is 0 Å². The smallest absolute Gasteiger partial charge is 0.328 e. The molecular formula is C34H25F2NO4S2. The van der Waals surface area contributed by atoms with Crippen molar-refractivity contribution >= 4 is 30.6 Å². The molecule has 0 bridgehead atoms. The lowest BCUT2D eigenvalue weighted by Crippen LogP contribution is -2.48. The van der Waals surface area contributed by atoms with Crippen LogP contribution < -0.4 is 0 Å². The van der Waals surface area contributed by atoms with E-state index in [1.165, 1.54) is 36.4 Å². The van der Waals surface area contributed by atoms with E-state index in [0.717, 1.165) is 36.4 Å². The predicted molar refractivity (Wildman–Crippen MR) is 163 cm³/mol. The molecule has 0 radical (unpaired) electrons. The Morgan fingerprint density at radius 3 is 1.67 bits per heavy atom. The molecule has 216 valence electrons. The van der Waals surface area contributed by atoms with Crippen molar-refractivity contribution in [3.05, 3.63) is 156 Å². The molecule has 9 heteroatoms. The Labute approximate surface area is 248 Å². The Morgan fingerprint density at radius 1 is 0.605 bits per heavy atom. The summed E-state index contributed by atoms with van der Waals surface area (Å²) in [5, 5.41) is 0.393. The number of nitrogens with one attached hydrogen (secondary N) is 1. The standard InChI is InChI=1S/C34H25F2NO4S2/c35-26-16-12-15-25(23-26)32(31-29-21-10-11-22-30(29)37-33(31)24-13-4-1-5-14-24)34(36,42(38,39)27-17-6-2-7-18-27)43(40,41)28-19-8-3-9-20-28/h1-23,32,37H. The number of sulfone groups is 2. The van der Waals surface area contributed by atoms with E-state index in [2.05, 4.69) is 4.98 Å². The quantitative estimate of drug-likeness (QED) is 0.191. The number of halogens is 2. The molecule has 0 amide bonds. The van der Waals surface area contributed by atoms with Gasteiger partial charge in [0.1, 0.15) is 5.82 Å². The first-order valence-electron chi connectivity index (χ1n) is 13.4. The monoisotopic (exact) mass is 613 g/mol. The van der Waals surface area contributed by atoms with Crippen LogP contribution in [0, 0.1) is 5.82 Å². The van der Waals surface area contributed by atoms with Crippen molar-refractivity contribution in [2.45, 2.75) is 20.0 Å². The van der Waals surface area contributed by atoms with Gasteiger partial charge in [0, 0.05) is 10.9 Å². The summed E-state index contributed by atoms with van der Waals surface area (Å²) < 4.78 is 87.9. The Balaban J connectivity index is 1.81. The van der Waals surface area contributed by atoms with Gasteiger partial charge in [-0.2, -0.15) is 0 Å². The fourth-order valence-electron chi connectivity index (χ4n) is 5.50. The Kier molecular flexibility index (Phi) is 7.23. The third-order valence-electron chi connectivity index (χ3n) is 7.46. The molecule has 1 N–H and O–H groups in total. The van der Waals surface area contributed by atoms with Crippen LogP contribution in [0.25, 0.3) is 22.2 Å². The van der Waals surface area contributed by atoms with E-state index in [9.17, 15) is 21.2 Å². The summed E-state index contributed by atoms with van der Waals surface area (Å²) in [6.45, 7) is 0. The number of rotatable bonds is 8. The van der Waals surface area contributed by atoms with Gasteiger partial charge >= 0.3 is 4.33 Å². The van der Waals surface area contributed by atoms with Crippen molar-refractivity contribution in [2.75, 3.05) is 0 Å². The molecule has 0 saturated carbocycles. The molecule has 1 heterocycles. The van der Waals surface area contributed by atoms with Crippen LogP contribution in [-0.2, 0) is 19.7 Å². The van der Waals surface area contributed by atoms with E-state index < -0.39 is 45.5 Å². The molecule has 1 unspecified atom stereocenters. The van der Waals surface area contributed by atoms with Gasteiger partial charge < -0.3 is 4.98 Å². The summed E-state index contributed by atoms with van der Waals surface area (Å²) in [5.41, 5.74) is 1.29. The first-order chi connectivity index (χ1) is 20.7. The number of para-hydroxylation sites is 1. The van der Waals surface area contributed by atoms with Crippen LogP contribution in [-0.4, -0.2) is 26.2 Å². The minimum absolute atomic E-state index is 0.0638. The van der Waals surface area contributed by atoms with Gasteiger partial charge in [-0.3, -0.25) is 0 Å². The molecule has 0 saturated heterocycles. The third kappa shape index (κ3) is 4.65. The molecule has 43 heavy (non-hydrogen) atoms. The summed E-state index contributed by atoms with van der Waals surface area (Å²) in [6.07, 6.45) is 0. The topological polar surface area (TPSA) is 84.1 Å².